The predicted molar refractivity (Wildman–Crippen MR) is 60.9 cm³/mol. The molecule has 0 radical (unpaired) electrons. The van der Waals surface area contributed by atoms with Gasteiger partial charge in [-0.05, 0) is 31.7 Å². The summed E-state index contributed by atoms with van der Waals surface area (Å²) in [5.74, 6) is 1.47. The second-order valence-corrected chi connectivity index (χ2v) is 4.68. The number of rotatable bonds is 6. The van der Waals surface area contributed by atoms with Gasteiger partial charge in [-0.15, -0.1) is 6.58 Å². The van der Waals surface area contributed by atoms with Crippen LogP contribution in [-0.4, -0.2) is 12.6 Å². The Morgan fingerprint density at radius 3 is 2.08 bits per heavy atom. The monoisotopic (exact) mass is 183 g/mol. The van der Waals surface area contributed by atoms with Crippen LogP contribution in [0.15, 0.2) is 12.2 Å². The molecule has 0 amide bonds. The summed E-state index contributed by atoms with van der Waals surface area (Å²) in [7, 11) is 0. The van der Waals surface area contributed by atoms with Gasteiger partial charge in [0.25, 0.3) is 0 Å². The van der Waals surface area contributed by atoms with Gasteiger partial charge >= 0.3 is 0 Å². The summed E-state index contributed by atoms with van der Waals surface area (Å²) < 4.78 is 0. The fraction of sp³-hybridized carbons (Fsp3) is 0.833. The van der Waals surface area contributed by atoms with Crippen LogP contribution in [0.1, 0.15) is 41.0 Å². The Morgan fingerprint density at radius 2 is 1.69 bits per heavy atom. The quantitative estimate of drug-likeness (QED) is 0.623. The molecule has 0 saturated carbocycles. The van der Waals surface area contributed by atoms with E-state index in [1.54, 1.807) is 0 Å². The minimum atomic E-state index is 0.597. The van der Waals surface area contributed by atoms with Crippen molar-refractivity contribution in [3.8, 4) is 0 Å². The molecule has 0 spiro atoms. The fourth-order valence-corrected chi connectivity index (χ4v) is 1.37. The highest BCUT2D eigenvalue weighted by atomic mass is 14.9. The minimum absolute atomic E-state index is 0.597. The van der Waals surface area contributed by atoms with Crippen LogP contribution in [-0.2, 0) is 0 Å². The highest BCUT2D eigenvalue weighted by molar-refractivity contribution is 4.90. The summed E-state index contributed by atoms with van der Waals surface area (Å²) in [6.45, 7) is 16.2. The smallest absolute Gasteiger partial charge is 0.00104 e. The zero-order chi connectivity index (χ0) is 10.4. The summed E-state index contributed by atoms with van der Waals surface area (Å²) in [6.07, 6.45) is 1.15. The van der Waals surface area contributed by atoms with E-state index in [1.807, 2.05) is 0 Å². The predicted octanol–water partition coefficient (Wildman–Crippen LogP) is 3.22. The van der Waals surface area contributed by atoms with E-state index in [1.165, 1.54) is 5.57 Å². The van der Waals surface area contributed by atoms with Gasteiger partial charge in [0.15, 0.2) is 0 Å². The Balaban J connectivity index is 3.68. The topological polar surface area (TPSA) is 12.0 Å². The van der Waals surface area contributed by atoms with Crippen LogP contribution in [0, 0.1) is 11.8 Å². The van der Waals surface area contributed by atoms with Crippen molar-refractivity contribution in [3.63, 3.8) is 0 Å². The summed E-state index contributed by atoms with van der Waals surface area (Å²) in [5, 5.41) is 3.47. The maximum absolute atomic E-state index is 3.95. The second-order valence-electron chi connectivity index (χ2n) is 4.68. The molecule has 2 unspecified atom stereocenters. The summed E-state index contributed by atoms with van der Waals surface area (Å²) in [4.78, 5) is 0. The zero-order valence-corrected chi connectivity index (χ0v) is 9.85. The van der Waals surface area contributed by atoms with Crippen molar-refractivity contribution in [1.82, 2.24) is 5.32 Å². The molecule has 1 nitrogen and oxygen atoms in total. The molecule has 0 aromatic heterocycles. The standard InChI is InChI=1S/C12H25N/c1-9(2)7-11(5)12(6)8-13-10(3)4/h10-13H,1,7-8H2,2-6H3. The lowest BCUT2D eigenvalue weighted by Crippen LogP contribution is -2.30. The highest BCUT2D eigenvalue weighted by Gasteiger charge is 2.11. The first-order chi connectivity index (χ1) is 5.93. The lowest BCUT2D eigenvalue weighted by Gasteiger charge is -2.21. The number of hydrogen-bond acceptors (Lipinski definition) is 1. The van der Waals surface area contributed by atoms with Gasteiger partial charge in [-0.2, -0.15) is 0 Å². The molecule has 0 aromatic carbocycles. The van der Waals surface area contributed by atoms with Crippen molar-refractivity contribution in [2.45, 2.75) is 47.1 Å². The van der Waals surface area contributed by atoms with Crippen molar-refractivity contribution in [2.75, 3.05) is 6.54 Å². The SMILES string of the molecule is C=C(C)CC(C)C(C)CNC(C)C. The Hall–Kier alpha value is -0.300. The summed E-state index contributed by atoms with van der Waals surface area (Å²) in [5.41, 5.74) is 1.30. The van der Waals surface area contributed by atoms with Crippen LogP contribution in [0.4, 0.5) is 0 Å². The van der Waals surface area contributed by atoms with E-state index in [0.717, 1.165) is 24.8 Å². The Kier molecular flexibility index (Phi) is 6.06. The Labute approximate surface area is 83.6 Å². The van der Waals surface area contributed by atoms with Gasteiger partial charge < -0.3 is 5.32 Å². The molecule has 13 heavy (non-hydrogen) atoms. The molecule has 0 rings (SSSR count). The van der Waals surface area contributed by atoms with Crippen molar-refractivity contribution in [1.29, 1.82) is 0 Å². The second kappa shape index (κ2) is 6.20. The van der Waals surface area contributed by atoms with Crippen molar-refractivity contribution in [2.24, 2.45) is 11.8 Å². The van der Waals surface area contributed by atoms with E-state index in [-0.39, 0.29) is 0 Å². The highest BCUT2D eigenvalue weighted by Crippen LogP contribution is 2.18. The molecule has 0 aromatic rings. The first-order valence-electron chi connectivity index (χ1n) is 5.31. The van der Waals surface area contributed by atoms with Crippen LogP contribution in [0.5, 0.6) is 0 Å². The van der Waals surface area contributed by atoms with Gasteiger partial charge in [0.2, 0.25) is 0 Å². The molecule has 1 heteroatoms. The molecule has 0 fully saturated rings. The first-order valence-corrected chi connectivity index (χ1v) is 5.31. The van der Waals surface area contributed by atoms with Gasteiger partial charge in [-0.3, -0.25) is 0 Å². The normalized spacial score (nSPS) is 15.8. The molecule has 0 aliphatic rings. The molecular formula is C12H25N. The molecule has 0 aliphatic heterocycles. The average molecular weight is 183 g/mol. The van der Waals surface area contributed by atoms with E-state index >= 15 is 0 Å². The van der Waals surface area contributed by atoms with E-state index in [4.69, 9.17) is 0 Å². The van der Waals surface area contributed by atoms with Crippen LogP contribution in [0.2, 0.25) is 0 Å². The van der Waals surface area contributed by atoms with Crippen molar-refractivity contribution < 1.29 is 0 Å². The van der Waals surface area contributed by atoms with Crippen LogP contribution >= 0.6 is 0 Å². The van der Waals surface area contributed by atoms with E-state index in [0.29, 0.717) is 6.04 Å². The van der Waals surface area contributed by atoms with Crippen LogP contribution < -0.4 is 5.32 Å². The third kappa shape index (κ3) is 6.83. The molecule has 0 saturated heterocycles. The van der Waals surface area contributed by atoms with Crippen molar-refractivity contribution in [3.05, 3.63) is 12.2 Å². The fourth-order valence-electron chi connectivity index (χ4n) is 1.37. The largest absolute Gasteiger partial charge is 0.314 e. The molecule has 78 valence electrons. The lowest BCUT2D eigenvalue weighted by molar-refractivity contribution is 0.354. The molecular weight excluding hydrogens is 158 g/mol. The number of allylic oxidation sites excluding steroid dienone is 1. The Bertz CT molecular complexity index is 149. The average Bonchev–Trinajstić information content (AvgIpc) is 1.98. The lowest BCUT2D eigenvalue weighted by atomic mass is 9.90. The van der Waals surface area contributed by atoms with Crippen molar-refractivity contribution >= 4 is 0 Å². The molecule has 0 bridgehead atoms. The molecule has 1 N–H and O–H groups in total. The zero-order valence-electron chi connectivity index (χ0n) is 9.85. The summed E-state index contributed by atoms with van der Waals surface area (Å²) in [6, 6.07) is 0.597. The van der Waals surface area contributed by atoms with E-state index in [2.05, 4.69) is 46.5 Å². The van der Waals surface area contributed by atoms with E-state index in [9.17, 15) is 0 Å². The van der Waals surface area contributed by atoms with Gasteiger partial charge in [0, 0.05) is 6.04 Å². The minimum Gasteiger partial charge on any atom is -0.314 e. The molecule has 0 aliphatic carbocycles. The van der Waals surface area contributed by atoms with Gasteiger partial charge in [0.05, 0.1) is 0 Å². The molecule has 2 atom stereocenters. The third-order valence-corrected chi connectivity index (χ3v) is 2.49. The van der Waals surface area contributed by atoms with Gasteiger partial charge in [0.1, 0.15) is 0 Å². The van der Waals surface area contributed by atoms with Crippen LogP contribution in [0.25, 0.3) is 0 Å². The summed E-state index contributed by atoms with van der Waals surface area (Å²) >= 11 is 0. The van der Waals surface area contributed by atoms with Gasteiger partial charge in [-0.1, -0.05) is 33.3 Å². The molecule has 0 heterocycles. The maximum Gasteiger partial charge on any atom is 0.00104 e. The van der Waals surface area contributed by atoms with E-state index < -0.39 is 0 Å². The number of hydrogen-bond donors (Lipinski definition) is 1. The van der Waals surface area contributed by atoms with Crippen LogP contribution in [0.3, 0.4) is 0 Å². The maximum atomic E-state index is 3.95. The first kappa shape index (κ1) is 12.7. The number of nitrogens with one attached hydrogen (secondary N) is 1. The van der Waals surface area contributed by atoms with Gasteiger partial charge in [-0.25, -0.2) is 0 Å². The Morgan fingerprint density at radius 1 is 1.15 bits per heavy atom. The third-order valence-electron chi connectivity index (χ3n) is 2.49.